The van der Waals surface area contributed by atoms with E-state index in [9.17, 15) is 14.4 Å². The van der Waals surface area contributed by atoms with E-state index in [1.165, 1.54) is 0 Å². The molecule has 1 fully saturated rings. The number of carbonyl (C=O) groups is 2. The summed E-state index contributed by atoms with van der Waals surface area (Å²) in [5.74, 6) is 1.91. The Hall–Kier alpha value is -3.29. The van der Waals surface area contributed by atoms with Crippen LogP contribution in [0.3, 0.4) is 0 Å². The molecule has 1 aromatic heterocycles. The van der Waals surface area contributed by atoms with Crippen LogP contribution >= 0.6 is 0 Å². The number of rotatable bonds is 9. The van der Waals surface area contributed by atoms with E-state index in [2.05, 4.69) is 5.32 Å². The van der Waals surface area contributed by atoms with Gasteiger partial charge in [0.25, 0.3) is 5.56 Å². The molecular weight excluding hydrogens is 434 g/mol. The molecule has 4 rings (SSSR count). The van der Waals surface area contributed by atoms with Crippen molar-refractivity contribution in [2.24, 2.45) is 5.92 Å². The largest absolute Gasteiger partial charge is 0.493 e. The standard InChI is InChI=1S/C26H33N3O5/c1-33-22-8-3-6-19(26(22)34-2)12-13-27-23(30)9-5-10-24(31)28-15-18-14-20(17-28)21-7-4-11-25(32)29(21)16-18/h3-4,6-8,11,18,20H,5,9-10,12-17H2,1-2H3,(H,27,30)/t18-,20+/m1/s1. The Bertz CT molecular complexity index is 1100. The van der Waals surface area contributed by atoms with Crippen LogP contribution in [0.1, 0.15) is 42.9 Å². The lowest BCUT2D eigenvalue weighted by Gasteiger charge is -2.42. The van der Waals surface area contributed by atoms with E-state index in [0.29, 0.717) is 69.3 Å². The molecule has 2 aliphatic heterocycles. The molecule has 8 nitrogen and oxygen atoms in total. The van der Waals surface area contributed by atoms with Crippen molar-refractivity contribution in [3.05, 3.63) is 58.0 Å². The number of ether oxygens (including phenoxy) is 2. The lowest BCUT2D eigenvalue weighted by Crippen LogP contribution is -2.49. The molecule has 1 aromatic carbocycles. The van der Waals surface area contributed by atoms with Gasteiger partial charge in [0.2, 0.25) is 11.8 Å². The number of fused-ring (bicyclic) bond motifs is 4. The maximum absolute atomic E-state index is 12.8. The number of methoxy groups -OCH3 is 2. The second kappa shape index (κ2) is 10.8. The summed E-state index contributed by atoms with van der Waals surface area (Å²) in [6.07, 6.45) is 2.85. The first-order chi connectivity index (χ1) is 16.5. The van der Waals surface area contributed by atoms with Gasteiger partial charge in [-0.05, 0) is 42.9 Å². The summed E-state index contributed by atoms with van der Waals surface area (Å²) in [6, 6.07) is 11.1. The van der Waals surface area contributed by atoms with Crippen LogP contribution in [0.15, 0.2) is 41.2 Å². The average molecular weight is 468 g/mol. The van der Waals surface area contributed by atoms with E-state index in [1.54, 1.807) is 26.4 Å². The number of hydrogen-bond acceptors (Lipinski definition) is 5. The Morgan fingerprint density at radius 1 is 1.03 bits per heavy atom. The predicted octanol–water partition coefficient (Wildman–Crippen LogP) is 2.34. The SMILES string of the molecule is COc1cccc(CCNC(=O)CCCC(=O)N2C[C@H]3C[C@@H](C2)c2cccc(=O)n2C3)c1OC. The number of aromatic nitrogens is 1. The number of para-hydroxylation sites is 1. The summed E-state index contributed by atoms with van der Waals surface area (Å²) in [5, 5.41) is 2.93. The Morgan fingerprint density at radius 2 is 1.85 bits per heavy atom. The average Bonchev–Trinajstić information content (AvgIpc) is 2.84. The Labute approximate surface area is 199 Å². The Morgan fingerprint density at radius 3 is 2.65 bits per heavy atom. The van der Waals surface area contributed by atoms with Gasteiger partial charge in [-0.25, -0.2) is 0 Å². The van der Waals surface area contributed by atoms with Crippen molar-refractivity contribution in [2.75, 3.05) is 33.9 Å². The molecule has 1 N–H and O–H groups in total. The summed E-state index contributed by atoms with van der Waals surface area (Å²) >= 11 is 0. The van der Waals surface area contributed by atoms with Gasteiger partial charge in [-0.3, -0.25) is 14.4 Å². The molecule has 2 amide bonds. The third-order valence-electron chi connectivity index (χ3n) is 6.83. The van der Waals surface area contributed by atoms with E-state index in [-0.39, 0.29) is 23.3 Å². The van der Waals surface area contributed by atoms with Gasteiger partial charge in [0.1, 0.15) is 0 Å². The molecule has 0 aliphatic carbocycles. The molecule has 0 radical (unpaired) electrons. The molecule has 34 heavy (non-hydrogen) atoms. The van der Waals surface area contributed by atoms with Crippen LogP contribution in [0.5, 0.6) is 11.5 Å². The molecule has 182 valence electrons. The van der Waals surface area contributed by atoms with Crippen LogP contribution in [0.4, 0.5) is 0 Å². The van der Waals surface area contributed by atoms with Crippen molar-refractivity contribution in [1.29, 1.82) is 0 Å². The second-order valence-corrected chi connectivity index (χ2v) is 9.10. The first-order valence-corrected chi connectivity index (χ1v) is 11.9. The quantitative estimate of drug-likeness (QED) is 0.612. The zero-order valence-corrected chi connectivity index (χ0v) is 19.9. The van der Waals surface area contributed by atoms with Crippen molar-refractivity contribution in [3.8, 4) is 11.5 Å². The molecule has 0 saturated carbocycles. The highest BCUT2D eigenvalue weighted by molar-refractivity contribution is 5.79. The Kier molecular flexibility index (Phi) is 7.55. The van der Waals surface area contributed by atoms with E-state index in [0.717, 1.165) is 17.7 Å². The van der Waals surface area contributed by atoms with Crippen molar-refractivity contribution in [2.45, 2.75) is 44.6 Å². The lowest BCUT2D eigenvalue weighted by molar-refractivity contribution is -0.134. The number of likely N-dealkylation sites (tertiary alicyclic amines) is 1. The molecule has 0 unspecified atom stereocenters. The molecule has 3 heterocycles. The third-order valence-corrected chi connectivity index (χ3v) is 6.83. The first-order valence-electron chi connectivity index (χ1n) is 11.9. The van der Waals surface area contributed by atoms with Gasteiger partial charge in [-0.2, -0.15) is 0 Å². The zero-order valence-electron chi connectivity index (χ0n) is 19.9. The number of nitrogens with zero attached hydrogens (tertiary/aromatic N) is 2. The molecule has 8 heteroatoms. The minimum Gasteiger partial charge on any atom is -0.493 e. The minimum atomic E-state index is -0.0570. The van der Waals surface area contributed by atoms with Gasteiger partial charge in [-0.15, -0.1) is 0 Å². The molecular formula is C26H33N3O5. The predicted molar refractivity (Wildman–Crippen MR) is 128 cm³/mol. The van der Waals surface area contributed by atoms with Gasteiger partial charge >= 0.3 is 0 Å². The first kappa shape index (κ1) is 23.9. The van der Waals surface area contributed by atoms with E-state index in [4.69, 9.17) is 9.47 Å². The summed E-state index contributed by atoms with van der Waals surface area (Å²) in [7, 11) is 3.20. The summed E-state index contributed by atoms with van der Waals surface area (Å²) < 4.78 is 12.6. The monoisotopic (exact) mass is 467 g/mol. The zero-order chi connectivity index (χ0) is 24.1. The van der Waals surface area contributed by atoms with Crippen molar-refractivity contribution >= 4 is 11.8 Å². The van der Waals surface area contributed by atoms with Gasteiger partial charge in [-0.1, -0.05) is 18.2 Å². The van der Waals surface area contributed by atoms with E-state index >= 15 is 0 Å². The van der Waals surface area contributed by atoms with Gasteiger partial charge in [0.15, 0.2) is 11.5 Å². The molecule has 2 aliphatic rings. The highest BCUT2D eigenvalue weighted by Gasteiger charge is 2.35. The van der Waals surface area contributed by atoms with Gasteiger partial charge < -0.3 is 24.3 Å². The Balaban J connectivity index is 1.21. The molecule has 0 spiro atoms. The van der Waals surface area contributed by atoms with Crippen LogP contribution in [0, 0.1) is 5.92 Å². The van der Waals surface area contributed by atoms with E-state index in [1.807, 2.05) is 33.7 Å². The van der Waals surface area contributed by atoms with Crippen molar-refractivity contribution in [3.63, 3.8) is 0 Å². The van der Waals surface area contributed by atoms with Crippen LogP contribution in [0.2, 0.25) is 0 Å². The van der Waals surface area contributed by atoms with Crippen molar-refractivity contribution < 1.29 is 19.1 Å². The topological polar surface area (TPSA) is 89.9 Å². The number of carbonyl (C=O) groups excluding carboxylic acids is 2. The fourth-order valence-corrected chi connectivity index (χ4v) is 5.23. The fourth-order valence-electron chi connectivity index (χ4n) is 5.23. The maximum Gasteiger partial charge on any atom is 0.250 e. The molecule has 2 atom stereocenters. The molecule has 1 saturated heterocycles. The van der Waals surface area contributed by atoms with Gasteiger partial charge in [0.05, 0.1) is 14.2 Å². The van der Waals surface area contributed by atoms with Crippen LogP contribution in [0.25, 0.3) is 0 Å². The third kappa shape index (κ3) is 5.26. The van der Waals surface area contributed by atoms with E-state index < -0.39 is 0 Å². The van der Waals surface area contributed by atoms with Crippen molar-refractivity contribution in [1.82, 2.24) is 14.8 Å². The smallest absolute Gasteiger partial charge is 0.250 e. The number of pyridine rings is 1. The molecule has 2 bridgehead atoms. The lowest BCUT2D eigenvalue weighted by atomic mass is 9.83. The minimum absolute atomic E-state index is 0.0443. The number of nitrogens with one attached hydrogen (secondary N) is 1. The number of hydrogen-bond donors (Lipinski definition) is 1. The highest BCUT2D eigenvalue weighted by Crippen LogP contribution is 2.35. The van der Waals surface area contributed by atoms with Crippen LogP contribution in [-0.2, 0) is 22.6 Å². The normalized spacial score (nSPS) is 18.7. The highest BCUT2D eigenvalue weighted by atomic mass is 16.5. The molecule has 2 aromatic rings. The summed E-state index contributed by atoms with van der Waals surface area (Å²) in [6.45, 7) is 2.50. The van der Waals surface area contributed by atoms with Crippen LogP contribution < -0.4 is 20.3 Å². The fraction of sp³-hybridized carbons (Fsp3) is 0.500. The summed E-state index contributed by atoms with van der Waals surface area (Å²) in [5.41, 5.74) is 2.05. The van der Waals surface area contributed by atoms with Crippen LogP contribution in [-0.4, -0.2) is 55.1 Å². The number of amides is 2. The second-order valence-electron chi connectivity index (χ2n) is 9.10. The summed E-state index contributed by atoms with van der Waals surface area (Å²) in [4.78, 5) is 39.2. The maximum atomic E-state index is 12.8. The van der Waals surface area contributed by atoms with Gasteiger partial charge in [0, 0.05) is 56.7 Å². The number of piperidine rings is 1. The number of benzene rings is 1.